The molecular weight excluding hydrogens is 434 g/mol. The standard InChI is InChI=1S/C23H25N9O2/c1-29-6-8-30(9-7-29)20-19-21(32(23(33)26-19)16-4-10-34-11-5-16)28-22(27-20)31-14-25-17-3-2-15(13-24)12-18(17)31/h2-3,12,14,16H,4-11H2,1H3,(H,26,33). The minimum Gasteiger partial charge on any atom is -0.381 e. The van der Waals surface area contributed by atoms with E-state index in [1.54, 1.807) is 27.6 Å². The first-order valence-electron chi connectivity index (χ1n) is 11.5. The van der Waals surface area contributed by atoms with Gasteiger partial charge in [-0.05, 0) is 38.1 Å². The van der Waals surface area contributed by atoms with Gasteiger partial charge in [-0.2, -0.15) is 15.2 Å². The largest absolute Gasteiger partial charge is 0.381 e. The number of aromatic amines is 1. The Bertz CT molecular complexity index is 1460. The number of rotatable bonds is 3. The van der Waals surface area contributed by atoms with E-state index in [-0.39, 0.29) is 11.7 Å². The Morgan fingerprint density at radius 1 is 1.15 bits per heavy atom. The van der Waals surface area contributed by atoms with Crippen LogP contribution in [0, 0.1) is 11.3 Å². The van der Waals surface area contributed by atoms with Crippen molar-refractivity contribution in [3.8, 4) is 12.0 Å². The van der Waals surface area contributed by atoms with Gasteiger partial charge in [-0.15, -0.1) is 0 Å². The Balaban J connectivity index is 1.58. The van der Waals surface area contributed by atoms with E-state index in [1.807, 2.05) is 6.07 Å². The summed E-state index contributed by atoms with van der Waals surface area (Å²) in [4.78, 5) is 34.9. The smallest absolute Gasteiger partial charge is 0.328 e. The molecule has 1 aromatic carbocycles. The molecule has 34 heavy (non-hydrogen) atoms. The van der Waals surface area contributed by atoms with Gasteiger partial charge in [0.15, 0.2) is 11.5 Å². The molecule has 0 spiro atoms. The Labute approximate surface area is 195 Å². The number of likely N-dealkylation sites (N-methyl/N-ethyl adjacent to an activating group) is 1. The molecule has 0 atom stereocenters. The molecule has 0 aliphatic carbocycles. The van der Waals surface area contributed by atoms with Gasteiger partial charge in [0, 0.05) is 45.4 Å². The zero-order valence-corrected chi connectivity index (χ0v) is 18.9. The zero-order chi connectivity index (χ0) is 23.2. The normalized spacial score (nSPS) is 18.1. The lowest BCUT2D eigenvalue weighted by molar-refractivity contribution is 0.0697. The highest BCUT2D eigenvalue weighted by molar-refractivity contribution is 5.85. The van der Waals surface area contributed by atoms with E-state index in [9.17, 15) is 10.1 Å². The zero-order valence-electron chi connectivity index (χ0n) is 18.9. The molecule has 2 saturated heterocycles. The van der Waals surface area contributed by atoms with Crippen LogP contribution in [-0.4, -0.2) is 80.4 Å². The molecular formula is C23H25N9O2. The van der Waals surface area contributed by atoms with Crippen molar-refractivity contribution in [3.05, 3.63) is 40.6 Å². The number of aromatic nitrogens is 6. The van der Waals surface area contributed by atoms with E-state index in [0.717, 1.165) is 50.1 Å². The lowest BCUT2D eigenvalue weighted by Gasteiger charge is -2.33. The summed E-state index contributed by atoms with van der Waals surface area (Å²) in [6, 6.07) is 7.55. The Kier molecular flexibility index (Phi) is 5.04. The minimum absolute atomic E-state index is 0.0165. The Morgan fingerprint density at radius 2 is 1.94 bits per heavy atom. The lowest BCUT2D eigenvalue weighted by atomic mass is 10.1. The molecule has 11 nitrogen and oxygen atoms in total. The fourth-order valence-corrected chi connectivity index (χ4v) is 4.85. The second-order valence-corrected chi connectivity index (χ2v) is 8.91. The van der Waals surface area contributed by atoms with Crippen LogP contribution < -0.4 is 10.6 Å². The number of imidazole rings is 2. The number of H-pyrrole nitrogens is 1. The number of benzene rings is 1. The summed E-state index contributed by atoms with van der Waals surface area (Å²) in [5, 5.41) is 9.38. The first-order chi connectivity index (χ1) is 16.6. The quantitative estimate of drug-likeness (QED) is 0.489. The van der Waals surface area contributed by atoms with Gasteiger partial charge >= 0.3 is 5.69 Å². The molecule has 0 saturated carbocycles. The molecule has 2 fully saturated rings. The van der Waals surface area contributed by atoms with Gasteiger partial charge in [0.2, 0.25) is 5.95 Å². The van der Waals surface area contributed by atoms with Crippen molar-refractivity contribution >= 4 is 28.0 Å². The average Bonchev–Trinajstić information content (AvgIpc) is 3.44. The Hall–Kier alpha value is -3.75. The molecule has 2 aliphatic heterocycles. The number of nitriles is 1. The number of hydrogen-bond donors (Lipinski definition) is 1. The van der Waals surface area contributed by atoms with E-state index in [4.69, 9.17) is 14.7 Å². The second kappa shape index (κ2) is 8.23. The van der Waals surface area contributed by atoms with E-state index < -0.39 is 0 Å². The summed E-state index contributed by atoms with van der Waals surface area (Å²) >= 11 is 0. The van der Waals surface area contributed by atoms with Crippen molar-refractivity contribution in [1.82, 2.24) is 34.0 Å². The van der Waals surface area contributed by atoms with Crippen LogP contribution >= 0.6 is 0 Å². The summed E-state index contributed by atoms with van der Waals surface area (Å²) in [6.07, 6.45) is 3.19. The van der Waals surface area contributed by atoms with Crippen LogP contribution in [-0.2, 0) is 4.74 Å². The summed E-state index contributed by atoms with van der Waals surface area (Å²) in [6.45, 7) is 4.66. The molecule has 0 bridgehead atoms. The maximum absolute atomic E-state index is 13.1. The fourth-order valence-electron chi connectivity index (χ4n) is 4.85. The highest BCUT2D eigenvalue weighted by Crippen LogP contribution is 2.29. The summed E-state index contributed by atoms with van der Waals surface area (Å²) in [5.41, 5.74) is 3.11. The van der Waals surface area contributed by atoms with Crippen molar-refractivity contribution in [2.24, 2.45) is 0 Å². The van der Waals surface area contributed by atoms with E-state index in [2.05, 4.69) is 32.9 Å². The maximum atomic E-state index is 13.1. The molecule has 11 heteroatoms. The van der Waals surface area contributed by atoms with Gasteiger partial charge in [0.25, 0.3) is 0 Å². The third kappa shape index (κ3) is 3.43. The molecule has 4 aromatic rings. The van der Waals surface area contributed by atoms with Crippen LogP contribution in [0.2, 0.25) is 0 Å². The molecule has 5 heterocycles. The molecule has 174 valence electrons. The van der Waals surface area contributed by atoms with E-state index in [0.29, 0.717) is 41.7 Å². The van der Waals surface area contributed by atoms with Crippen LogP contribution in [0.1, 0.15) is 24.4 Å². The van der Waals surface area contributed by atoms with Crippen LogP contribution in [0.5, 0.6) is 0 Å². The topological polar surface area (TPSA) is 121 Å². The van der Waals surface area contributed by atoms with E-state index >= 15 is 0 Å². The molecule has 6 rings (SSSR count). The first kappa shape index (κ1) is 20.8. The van der Waals surface area contributed by atoms with Crippen molar-refractivity contribution in [2.75, 3.05) is 51.3 Å². The number of ether oxygens (including phenoxy) is 1. The highest BCUT2D eigenvalue weighted by Gasteiger charge is 2.27. The van der Waals surface area contributed by atoms with Crippen LogP contribution in [0.4, 0.5) is 5.82 Å². The van der Waals surface area contributed by atoms with Crippen molar-refractivity contribution in [3.63, 3.8) is 0 Å². The third-order valence-electron chi connectivity index (χ3n) is 6.79. The molecule has 2 aliphatic rings. The van der Waals surface area contributed by atoms with Crippen molar-refractivity contribution in [1.29, 1.82) is 5.26 Å². The number of nitrogens with zero attached hydrogens (tertiary/aromatic N) is 8. The fraction of sp³-hybridized carbons (Fsp3) is 0.435. The number of anilines is 1. The molecule has 3 aromatic heterocycles. The number of hydrogen-bond acceptors (Lipinski definition) is 8. The number of fused-ring (bicyclic) bond motifs is 2. The maximum Gasteiger partial charge on any atom is 0.328 e. The van der Waals surface area contributed by atoms with Gasteiger partial charge in [-0.3, -0.25) is 9.13 Å². The van der Waals surface area contributed by atoms with Gasteiger partial charge in [-0.25, -0.2) is 9.78 Å². The first-order valence-corrected chi connectivity index (χ1v) is 11.5. The van der Waals surface area contributed by atoms with Crippen LogP contribution in [0.15, 0.2) is 29.3 Å². The number of piperazine rings is 1. The minimum atomic E-state index is -0.175. The molecule has 0 unspecified atom stereocenters. The lowest BCUT2D eigenvalue weighted by Crippen LogP contribution is -2.45. The van der Waals surface area contributed by atoms with Gasteiger partial charge < -0.3 is 19.5 Å². The average molecular weight is 460 g/mol. The number of nitrogens with one attached hydrogen (secondary N) is 1. The molecule has 1 N–H and O–H groups in total. The predicted octanol–water partition coefficient (Wildman–Crippen LogP) is 1.43. The van der Waals surface area contributed by atoms with Gasteiger partial charge in [0.05, 0.1) is 22.7 Å². The van der Waals surface area contributed by atoms with Crippen molar-refractivity contribution in [2.45, 2.75) is 18.9 Å². The summed E-state index contributed by atoms with van der Waals surface area (Å²) in [5.74, 6) is 1.15. The molecule has 0 amide bonds. The monoisotopic (exact) mass is 459 g/mol. The molecule has 0 radical (unpaired) electrons. The van der Waals surface area contributed by atoms with E-state index in [1.165, 1.54) is 0 Å². The third-order valence-corrected chi connectivity index (χ3v) is 6.79. The Morgan fingerprint density at radius 3 is 2.71 bits per heavy atom. The summed E-state index contributed by atoms with van der Waals surface area (Å²) < 4.78 is 9.08. The van der Waals surface area contributed by atoms with Crippen LogP contribution in [0.3, 0.4) is 0 Å². The highest BCUT2D eigenvalue weighted by atomic mass is 16.5. The van der Waals surface area contributed by atoms with Crippen molar-refractivity contribution < 1.29 is 4.74 Å². The predicted molar refractivity (Wildman–Crippen MR) is 126 cm³/mol. The second-order valence-electron chi connectivity index (χ2n) is 8.91. The van der Waals surface area contributed by atoms with Crippen LogP contribution in [0.25, 0.3) is 28.1 Å². The summed E-state index contributed by atoms with van der Waals surface area (Å²) in [7, 11) is 2.10. The van der Waals surface area contributed by atoms with Gasteiger partial charge in [0.1, 0.15) is 11.8 Å². The SMILES string of the molecule is CN1CCN(c2nc(-n3cnc4ccc(C#N)cc43)nc3c2[nH]c(=O)n3C2CCOCC2)CC1. The van der Waals surface area contributed by atoms with Gasteiger partial charge in [-0.1, -0.05) is 0 Å².